The van der Waals surface area contributed by atoms with Crippen LogP contribution in [0.3, 0.4) is 0 Å². The zero-order valence-electron chi connectivity index (χ0n) is 11.1. The third kappa shape index (κ3) is 3.55. The number of nitrogens with two attached hydrogens (primary N) is 1. The molecule has 2 rings (SSSR count). The topological polar surface area (TPSA) is 26.0 Å². The number of halogens is 2. The van der Waals surface area contributed by atoms with Crippen LogP contribution in [0.4, 0.5) is 4.39 Å². The number of hydrogen-bond acceptors (Lipinski definition) is 1. The van der Waals surface area contributed by atoms with Gasteiger partial charge in [0.25, 0.3) is 0 Å². The molecule has 0 radical (unpaired) electrons. The molecule has 0 bridgehead atoms. The molecule has 0 fully saturated rings. The van der Waals surface area contributed by atoms with Gasteiger partial charge in [-0.05, 0) is 60.7 Å². The van der Waals surface area contributed by atoms with Crippen molar-refractivity contribution in [2.75, 3.05) is 0 Å². The molecule has 0 amide bonds. The van der Waals surface area contributed by atoms with Crippen LogP contribution < -0.4 is 5.73 Å². The largest absolute Gasteiger partial charge is 0.324 e. The van der Waals surface area contributed by atoms with Gasteiger partial charge in [0, 0.05) is 11.1 Å². The average molecular weight is 278 g/mol. The first-order chi connectivity index (χ1) is 8.95. The van der Waals surface area contributed by atoms with Crippen LogP contribution in [-0.4, -0.2) is 0 Å². The molecule has 1 atom stereocenters. The minimum atomic E-state index is -0.255. The minimum Gasteiger partial charge on any atom is -0.324 e. The lowest BCUT2D eigenvalue weighted by Gasteiger charge is -2.14. The highest BCUT2D eigenvalue weighted by Crippen LogP contribution is 2.24. The van der Waals surface area contributed by atoms with Crippen molar-refractivity contribution in [1.29, 1.82) is 0 Å². The van der Waals surface area contributed by atoms with Gasteiger partial charge in [0.05, 0.1) is 0 Å². The SMILES string of the molecule is Cc1cc(F)cc(C(N)Cc2ccc(C)cc2Cl)c1. The predicted molar refractivity (Wildman–Crippen MR) is 78.0 cm³/mol. The number of hydrogen-bond donors (Lipinski definition) is 1. The summed E-state index contributed by atoms with van der Waals surface area (Å²) in [6.45, 7) is 3.85. The summed E-state index contributed by atoms with van der Waals surface area (Å²) in [5.41, 5.74) is 9.92. The van der Waals surface area contributed by atoms with Crippen LogP contribution in [0.15, 0.2) is 36.4 Å². The third-order valence-corrected chi connectivity index (χ3v) is 3.49. The molecule has 2 aromatic carbocycles. The molecule has 2 aromatic rings. The number of rotatable bonds is 3. The quantitative estimate of drug-likeness (QED) is 0.887. The lowest BCUT2D eigenvalue weighted by molar-refractivity contribution is 0.617. The summed E-state index contributed by atoms with van der Waals surface area (Å²) in [6, 6.07) is 10.5. The molecular weight excluding hydrogens is 261 g/mol. The van der Waals surface area contributed by atoms with E-state index >= 15 is 0 Å². The Balaban J connectivity index is 2.22. The van der Waals surface area contributed by atoms with Gasteiger partial charge in [-0.15, -0.1) is 0 Å². The first-order valence-electron chi connectivity index (χ1n) is 6.23. The van der Waals surface area contributed by atoms with E-state index in [1.165, 1.54) is 12.1 Å². The van der Waals surface area contributed by atoms with Crippen molar-refractivity contribution in [3.8, 4) is 0 Å². The van der Waals surface area contributed by atoms with Crippen molar-refractivity contribution in [3.05, 3.63) is 69.5 Å². The smallest absolute Gasteiger partial charge is 0.123 e. The Bertz CT molecular complexity index is 575. The normalized spacial score (nSPS) is 12.5. The van der Waals surface area contributed by atoms with E-state index in [1.54, 1.807) is 0 Å². The van der Waals surface area contributed by atoms with Gasteiger partial charge in [-0.2, -0.15) is 0 Å². The van der Waals surface area contributed by atoms with Gasteiger partial charge in [-0.25, -0.2) is 4.39 Å². The van der Waals surface area contributed by atoms with Crippen LogP contribution in [0.2, 0.25) is 5.02 Å². The van der Waals surface area contributed by atoms with E-state index in [0.717, 1.165) is 22.3 Å². The summed E-state index contributed by atoms with van der Waals surface area (Å²) in [7, 11) is 0. The summed E-state index contributed by atoms with van der Waals surface area (Å²) in [5, 5.41) is 0.712. The van der Waals surface area contributed by atoms with Crippen molar-refractivity contribution in [3.63, 3.8) is 0 Å². The third-order valence-electron chi connectivity index (χ3n) is 3.14. The van der Waals surface area contributed by atoms with Gasteiger partial charge in [0.15, 0.2) is 0 Å². The second kappa shape index (κ2) is 5.72. The first kappa shape index (κ1) is 14.0. The molecule has 0 spiro atoms. The Kier molecular flexibility index (Phi) is 4.23. The molecule has 0 saturated carbocycles. The van der Waals surface area contributed by atoms with Gasteiger partial charge < -0.3 is 5.73 Å². The summed E-state index contributed by atoms with van der Waals surface area (Å²) in [6.07, 6.45) is 0.599. The molecule has 0 aromatic heterocycles. The zero-order valence-corrected chi connectivity index (χ0v) is 11.8. The highest BCUT2D eigenvalue weighted by Gasteiger charge is 2.11. The summed E-state index contributed by atoms with van der Waals surface area (Å²) in [5.74, 6) is -0.250. The summed E-state index contributed by atoms with van der Waals surface area (Å²) in [4.78, 5) is 0. The molecule has 0 aliphatic heterocycles. The summed E-state index contributed by atoms with van der Waals surface area (Å²) >= 11 is 6.19. The van der Waals surface area contributed by atoms with Crippen molar-refractivity contribution in [2.24, 2.45) is 5.73 Å². The fourth-order valence-corrected chi connectivity index (χ4v) is 2.46. The highest BCUT2D eigenvalue weighted by atomic mass is 35.5. The van der Waals surface area contributed by atoms with Crippen LogP contribution in [0.25, 0.3) is 0 Å². The van der Waals surface area contributed by atoms with Crippen molar-refractivity contribution in [1.82, 2.24) is 0 Å². The van der Waals surface area contributed by atoms with Crippen molar-refractivity contribution < 1.29 is 4.39 Å². The maximum atomic E-state index is 13.4. The van der Waals surface area contributed by atoms with E-state index < -0.39 is 0 Å². The zero-order chi connectivity index (χ0) is 14.0. The van der Waals surface area contributed by atoms with Crippen LogP contribution in [-0.2, 0) is 6.42 Å². The van der Waals surface area contributed by atoms with E-state index in [4.69, 9.17) is 17.3 Å². The van der Waals surface area contributed by atoms with Gasteiger partial charge in [0.2, 0.25) is 0 Å². The Hall–Kier alpha value is -1.38. The highest BCUT2D eigenvalue weighted by molar-refractivity contribution is 6.31. The number of benzene rings is 2. The molecule has 3 heteroatoms. The second-order valence-corrected chi connectivity index (χ2v) is 5.37. The van der Waals surface area contributed by atoms with E-state index in [0.29, 0.717) is 11.4 Å². The maximum Gasteiger partial charge on any atom is 0.123 e. The van der Waals surface area contributed by atoms with E-state index in [9.17, 15) is 4.39 Å². The van der Waals surface area contributed by atoms with Crippen LogP contribution in [0.5, 0.6) is 0 Å². The van der Waals surface area contributed by atoms with Crippen molar-refractivity contribution >= 4 is 11.6 Å². The van der Waals surface area contributed by atoms with Gasteiger partial charge in [-0.1, -0.05) is 29.8 Å². The standard InChI is InChI=1S/C16H17ClFN/c1-10-3-4-12(15(17)7-10)9-16(19)13-5-11(2)6-14(18)8-13/h3-8,16H,9,19H2,1-2H3. The van der Waals surface area contributed by atoms with E-state index in [2.05, 4.69) is 0 Å². The fraction of sp³-hybridized carbons (Fsp3) is 0.250. The van der Waals surface area contributed by atoms with Crippen LogP contribution >= 0.6 is 11.6 Å². The summed E-state index contributed by atoms with van der Waals surface area (Å²) < 4.78 is 13.4. The molecule has 0 saturated heterocycles. The Morgan fingerprint density at radius 1 is 1.11 bits per heavy atom. The van der Waals surface area contributed by atoms with Crippen LogP contribution in [0, 0.1) is 19.7 Å². The monoisotopic (exact) mass is 277 g/mol. The average Bonchev–Trinajstić information content (AvgIpc) is 2.31. The van der Waals surface area contributed by atoms with E-state index in [1.807, 2.05) is 38.1 Å². The molecule has 100 valence electrons. The van der Waals surface area contributed by atoms with E-state index in [-0.39, 0.29) is 11.9 Å². The molecule has 1 nitrogen and oxygen atoms in total. The lowest BCUT2D eigenvalue weighted by Crippen LogP contribution is -2.14. The minimum absolute atomic E-state index is 0.250. The fourth-order valence-electron chi connectivity index (χ4n) is 2.15. The first-order valence-corrected chi connectivity index (χ1v) is 6.61. The molecule has 19 heavy (non-hydrogen) atoms. The van der Waals surface area contributed by atoms with Gasteiger partial charge in [-0.3, -0.25) is 0 Å². The van der Waals surface area contributed by atoms with Crippen LogP contribution in [0.1, 0.15) is 28.3 Å². The Morgan fingerprint density at radius 3 is 2.47 bits per heavy atom. The lowest BCUT2D eigenvalue weighted by atomic mass is 9.97. The molecule has 0 aliphatic rings. The van der Waals surface area contributed by atoms with Crippen molar-refractivity contribution in [2.45, 2.75) is 26.3 Å². The van der Waals surface area contributed by atoms with Gasteiger partial charge in [0.1, 0.15) is 5.82 Å². The predicted octanol–water partition coefficient (Wildman–Crippen LogP) is 4.34. The number of aryl methyl sites for hydroxylation is 2. The molecule has 0 aliphatic carbocycles. The molecule has 1 unspecified atom stereocenters. The molecule has 2 N–H and O–H groups in total. The molecule has 0 heterocycles. The Morgan fingerprint density at radius 2 is 1.84 bits per heavy atom. The maximum absolute atomic E-state index is 13.4. The second-order valence-electron chi connectivity index (χ2n) is 4.97. The Labute approximate surface area is 118 Å². The molecular formula is C16H17ClFN. The van der Waals surface area contributed by atoms with Gasteiger partial charge >= 0.3 is 0 Å².